The Bertz CT molecular complexity index is 1230. The number of carbonyl (C=O) groups excluding carboxylic acids is 2. The largest absolute Gasteiger partial charge is 0.493 e. The van der Waals surface area contributed by atoms with Crippen LogP contribution in [0.5, 0.6) is 23.0 Å². The van der Waals surface area contributed by atoms with Crippen LogP contribution in [0.3, 0.4) is 0 Å². The molecule has 2 heterocycles. The number of aryl methyl sites for hydroxylation is 2. The summed E-state index contributed by atoms with van der Waals surface area (Å²) in [5, 5.41) is 0. The van der Waals surface area contributed by atoms with Crippen LogP contribution < -0.4 is 18.9 Å². The molecule has 8 heteroatoms. The number of benzene rings is 2. The van der Waals surface area contributed by atoms with Crippen LogP contribution in [-0.4, -0.2) is 49.4 Å². The van der Waals surface area contributed by atoms with Crippen molar-refractivity contribution in [3.63, 3.8) is 0 Å². The molecule has 3 aromatic rings. The number of esters is 1. The SMILES string of the molecule is COc1cc(C)ccc1OCC(=O)OCC(=O)c1cc(C)n(CC2COc3ccccc3O2)c1C. The predicted octanol–water partition coefficient (Wildman–Crippen LogP) is 4.07. The summed E-state index contributed by atoms with van der Waals surface area (Å²) in [6.45, 7) is 5.98. The molecule has 0 radical (unpaired) electrons. The summed E-state index contributed by atoms with van der Waals surface area (Å²) in [7, 11) is 1.53. The number of fused-ring (bicyclic) bond motifs is 1. The number of nitrogens with zero attached hydrogens (tertiary/aromatic N) is 1. The summed E-state index contributed by atoms with van der Waals surface area (Å²) < 4.78 is 29.8. The zero-order chi connectivity index (χ0) is 24.9. The first-order chi connectivity index (χ1) is 16.9. The Kier molecular flexibility index (Phi) is 7.29. The Morgan fingerprint density at radius 2 is 1.77 bits per heavy atom. The lowest BCUT2D eigenvalue weighted by Gasteiger charge is -2.27. The van der Waals surface area contributed by atoms with E-state index in [9.17, 15) is 9.59 Å². The average molecular weight is 480 g/mol. The average Bonchev–Trinajstić information content (AvgIpc) is 3.14. The van der Waals surface area contributed by atoms with Crippen molar-refractivity contribution in [2.45, 2.75) is 33.4 Å². The van der Waals surface area contributed by atoms with Gasteiger partial charge in [0.2, 0.25) is 5.78 Å². The van der Waals surface area contributed by atoms with Gasteiger partial charge in [-0.2, -0.15) is 0 Å². The summed E-state index contributed by atoms with van der Waals surface area (Å²) in [5.74, 6) is 1.48. The van der Waals surface area contributed by atoms with Crippen molar-refractivity contribution in [2.75, 3.05) is 26.9 Å². The Labute approximate surface area is 204 Å². The van der Waals surface area contributed by atoms with Gasteiger partial charge in [-0.05, 0) is 56.7 Å². The minimum Gasteiger partial charge on any atom is -0.493 e. The molecular weight excluding hydrogens is 450 g/mol. The van der Waals surface area contributed by atoms with Gasteiger partial charge in [0.1, 0.15) is 6.61 Å². The summed E-state index contributed by atoms with van der Waals surface area (Å²) in [4.78, 5) is 25.0. The van der Waals surface area contributed by atoms with E-state index in [1.807, 2.05) is 61.7 Å². The Morgan fingerprint density at radius 1 is 1.00 bits per heavy atom. The zero-order valence-electron chi connectivity index (χ0n) is 20.3. The van der Waals surface area contributed by atoms with E-state index in [1.54, 1.807) is 12.1 Å². The predicted molar refractivity (Wildman–Crippen MR) is 129 cm³/mol. The minimum absolute atomic E-state index is 0.189. The molecule has 1 aliphatic heterocycles. The number of hydrogen-bond donors (Lipinski definition) is 0. The highest BCUT2D eigenvalue weighted by atomic mass is 16.6. The molecular formula is C27H29NO7. The van der Waals surface area contributed by atoms with Crippen LogP contribution >= 0.6 is 0 Å². The lowest BCUT2D eigenvalue weighted by molar-refractivity contribution is -0.144. The van der Waals surface area contributed by atoms with Crippen molar-refractivity contribution in [2.24, 2.45) is 0 Å². The summed E-state index contributed by atoms with van der Waals surface area (Å²) in [6, 6.07) is 14.7. The molecule has 0 fully saturated rings. The Balaban J connectivity index is 1.32. The molecule has 0 saturated carbocycles. The fraction of sp³-hybridized carbons (Fsp3) is 0.333. The van der Waals surface area contributed by atoms with E-state index in [2.05, 4.69) is 0 Å². The van der Waals surface area contributed by atoms with Crippen LogP contribution in [0.25, 0.3) is 0 Å². The van der Waals surface area contributed by atoms with Crippen LogP contribution in [-0.2, 0) is 16.1 Å². The first-order valence-corrected chi connectivity index (χ1v) is 11.4. The summed E-state index contributed by atoms with van der Waals surface area (Å²) >= 11 is 0. The molecule has 0 N–H and O–H groups in total. The number of carbonyl (C=O) groups is 2. The fourth-order valence-electron chi connectivity index (χ4n) is 4.02. The van der Waals surface area contributed by atoms with Crippen LogP contribution in [0.15, 0.2) is 48.5 Å². The molecule has 0 spiro atoms. The lowest BCUT2D eigenvalue weighted by atomic mass is 10.1. The number of para-hydroxylation sites is 2. The van der Waals surface area contributed by atoms with Crippen molar-refractivity contribution in [3.05, 3.63) is 71.0 Å². The van der Waals surface area contributed by atoms with E-state index in [1.165, 1.54) is 7.11 Å². The third kappa shape index (κ3) is 5.59. The second-order valence-corrected chi connectivity index (χ2v) is 8.42. The number of Topliss-reactive ketones (excluding diaryl/α,β-unsaturated/α-hetero) is 1. The molecule has 4 rings (SSSR count). The van der Waals surface area contributed by atoms with Crippen molar-refractivity contribution in [3.8, 4) is 23.0 Å². The van der Waals surface area contributed by atoms with Crippen molar-refractivity contribution < 1.29 is 33.3 Å². The first-order valence-electron chi connectivity index (χ1n) is 11.4. The summed E-state index contributed by atoms with van der Waals surface area (Å²) in [6.07, 6.45) is -0.189. The Hall–Kier alpha value is -3.94. The van der Waals surface area contributed by atoms with Gasteiger partial charge in [0.25, 0.3) is 0 Å². The van der Waals surface area contributed by atoms with Crippen LogP contribution in [0.4, 0.5) is 0 Å². The lowest BCUT2D eigenvalue weighted by Crippen LogP contribution is -2.33. The molecule has 0 bridgehead atoms. The van der Waals surface area contributed by atoms with Crippen molar-refractivity contribution in [1.82, 2.24) is 4.57 Å². The van der Waals surface area contributed by atoms with Gasteiger partial charge in [-0.25, -0.2) is 4.79 Å². The molecule has 2 aromatic carbocycles. The van der Waals surface area contributed by atoms with Gasteiger partial charge in [-0.3, -0.25) is 4.79 Å². The smallest absolute Gasteiger partial charge is 0.344 e. The molecule has 35 heavy (non-hydrogen) atoms. The normalized spacial score (nSPS) is 14.3. The number of ether oxygens (including phenoxy) is 5. The van der Waals surface area contributed by atoms with Gasteiger partial charge >= 0.3 is 5.97 Å². The van der Waals surface area contributed by atoms with Crippen molar-refractivity contribution in [1.29, 1.82) is 0 Å². The van der Waals surface area contributed by atoms with Crippen LogP contribution in [0, 0.1) is 20.8 Å². The van der Waals surface area contributed by atoms with E-state index in [4.69, 9.17) is 23.7 Å². The van der Waals surface area contributed by atoms with Gasteiger partial charge in [-0.1, -0.05) is 18.2 Å². The van der Waals surface area contributed by atoms with Crippen molar-refractivity contribution >= 4 is 11.8 Å². The first kappa shape index (κ1) is 24.2. The van der Waals surface area contributed by atoms with E-state index < -0.39 is 5.97 Å². The fourth-order valence-corrected chi connectivity index (χ4v) is 4.02. The van der Waals surface area contributed by atoms with E-state index in [0.29, 0.717) is 36.0 Å². The van der Waals surface area contributed by atoms with E-state index >= 15 is 0 Å². The highest BCUT2D eigenvalue weighted by Gasteiger charge is 2.24. The van der Waals surface area contributed by atoms with E-state index in [0.717, 1.165) is 22.7 Å². The van der Waals surface area contributed by atoms with Gasteiger partial charge in [0.05, 0.1) is 13.7 Å². The zero-order valence-corrected chi connectivity index (χ0v) is 20.3. The second-order valence-electron chi connectivity index (χ2n) is 8.42. The molecule has 1 unspecified atom stereocenters. The van der Waals surface area contributed by atoms with E-state index in [-0.39, 0.29) is 25.1 Å². The number of ketones is 1. The topological polar surface area (TPSA) is 85.2 Å². The molecule has 1 aliphatic rings. The van der Waals surface area contributed by atoms with Gasteiger partial charge in [0, 0.05) is 17.0 Å². The number of methoxy groups -OCH3 is 1. The molecule has 8 nitrogen and oxygen atoms in total. The standard InChI is InChI=1S/C27H29NO7/c1-17-9-10-24(26(11-17)31-4)33-16-27(30)34-15-22(29)21-12-18(2)28(19(21)3)13-20-14-32-23-7-5-6-8-25(23)35-20/h5-12,20H,13-16H2,1-4H3. The second kappa shape index (κ2) is 10.5. The molecule has 184 valence electrons. The summed E-state index contributed by atoms with van der Waals surface area (Å²) in [5.41, 5.74) is 3.21. The van der Waals surface area contributed by atoms with Gasteiger partial charge in [0.15, 0.2) is 42.3 Å². The maximum atomic E-state index is 12.8. The number of rotatable bonds is 9. The molecule has 0 amide bonds. The molecule has 0 aliphatic carbocycles. The Morgan fingerprint density at radius 3 is 2.54 bits per heavy atom. The van der Waals surface area contributed by atoms with Gasteiger partial charge in [-0.15, -0.1) is 0 Å². The van der Waals surface area contributed by atoms with Crippen LogP contribution in [0.2, 0.25) is 0 Å². The highest BCUT2D eigenvalue weighted by Crippen LogP contribution is 2.32. The maximum absolute atomic E-state index is 12.8. The third-order valence-corrected chi connectivity index (χ3v) is 5.86. The maximum Gasteiger partial charge on any atom is 0.344 e. The molecule has 0 saturated heterocycles. The third-order valence-electron chi connectivity index (χ3n) is 5.86. The quantitative estimate of drug-likeness (QED) is 0.338. The minimum atomic E-state index is -0.638. The number of aromatic nitrogens is 1. The molecule has 1 aromatic heterocycles. The monoisotopic (exact) mass is 479 g/mol. The number of hydrogen-bond acceptors (Lipinski definition) is 7. The van der Waals surface area contributed by atoms with Gasteiger partial charge < -0.3 is 28.3 Å². The highest BCUT2D eigenvalue weighted by molar-refractivity contribution is 5.99. The van der Waals surface area contributed by atoms with Crippen LogP contribution in [0.1, 0.15) is 27.3 Å². The molecule has 1 atom stereocenters.